The van der Waals surface area contributed by atoms with E-state index in [-0.39, 0.29) is 11.4 Å². The Morgan fingerprint density at radius 2 is 2.26 bits per heavy atom. The van der Waals surface area contributed by atoms with E-state index in [1.54, 1.807) is 17.5 Å². The number of hydrogen-bond donors (Lipinski definition) is 1. The van der Waals surface area contributed by atoms with E-state index >= 15 is 0 Å². The Labute approximate surface area is 113 Å². The van der Waals surface area contributed by atoms with Gasteiger partial charge in [-0.3, -0.25) is 0 Å². The van der Waals surface area contributed by atoms with E-state index in [9.17, 15) is 9.18 Å². The van der Waals surface area contributed by atoms with E-state index in [2.05, 4.69) is 9.97 Å². The van der Waals surface area contributed by atoms with Crippen LogP contribution >= 0.6 is 11.3 Å². The van der Waals surface area contributed by atoms with Crippen molar-refractivity contribution in [1.82, 2.24) is 9.97 Å². The number of aromatic nitrogens is 2. The lowest BCUT2D eigenvalue weighted by Crippen LogP contribution is -2.20. The summed E-state index contributed by atoms with van der Waals surface area (Å²) < 4.78 is 14.0. The van der Waals surface area contributed by atoms with Crippen molar-refractivity contribution in [1.29, 1.82) is 0 Å². The lowest BCUT2D eigenvalue weighted by atomic mass is 10.2. The molecule has 0 spiro atoms. The van der Waals surface area contributed by atoms with Gasteiger partial charge in [0, 0.05) is 18.1 Å². The van der Waals surface area contributed by atoms with Crippen molar-refractivity contribution in [2.45, 2.75) is 13.5 Å². The van der Waals surface area contributed by atoms with Crippen LogP contribution in [0.5, 0.6) is 0 Å². The molecule has 2 rings (SSSR count). The van der Waals surface area contributed by atoms with Crippen molar-refractivity contribution in [3.8, 4) is 0 Å². The van der Waals surface area contributed by atoms with Gasteiger partial charge in [-0.25, -0.2) is 19.2 Å². The van der Waals surface area contributed by atoms with Crippen molar-refractivity contribution >= 4 is 23.1 Å². The van der Waals surface area contributed by atoms with Crippen LogP contribution in [0.4, 0.5) is 10.2 Å². The summed E-state index contributed by atoms with van der Waals surface area (Å²) in [5.74, 6) is -2.10. The van der Waals surface area contributed by atoms with Gasteiger partial charge in [0.15, 0.2) is 11.6 Å². The first kappa shape index (κ1) is 13.4. The van der Waals surface area contributed by atoms with Gasteiger partial charge in [0.25, 0.3) is 0 Å². The second-order valence-electron chi connectivity index (χ2n) is 4.02. The highest BCUT2D eigenvalue weighted by Crippen LogP contribution is 2.22. The molecule has 0 saturated heterocycles. The van der Waals surface area contributed by atoms with E-state index < -0.39 is 11.8 Å². The Kier molecular flexibility index (Phi) is 3.75. The first-order valence-corrected chi connectivity index (χ1v) is 6.36. The number of aromatic carboxylic acids is 1. The summed E-state index contributed by atoms with van der Waals surface area (Å²) in [7, 11) is 1.66. The maximum Gasteiger partial charge on any atom is 0.338 e. The molecule has 0 amide bonds. The quantitative estimate of drug-likeness (QED) is 0.931. The summed E-state index contributed by atoms with van der Waals surface area (Å²) in [4.78, 5) is 21.5. The summed E-state index contributed by atoms with van der Waals surface area (Å²) in [5.41, 5.74) is 2.22. The van der Waals surface area contributed by atoms with Crippen LogP contribution < -0.4 is 4.90 Å². The Morgan fingerprint density at radius 3 is 2.84 bits per heavy atom. The minimum absolute atomic E-state index is 0.0210. The molecule has 2 aromatic heterocycles. The summed E-state index contributed by atoms with van der Waals surface area (Å²) in [6.45, 7) is 2.31. The SMILES string of the molecule is Cc1ncsc1CN(C)c1nccc(C(=O)O)c1F. The van der Waals surface area contributed by atoms with E-state index in [4.69, 9.17) is 5.11 Å². The number of nitrogens with zero attached hydrogens (tertiary/aromatic N) is 3. The van der Waals surface area contributed by atoms with Crippen LogP contribution in [0.2, 0.25) is 0 Å². The van der Waals surface area contributed by atoms with Crippen LogP contribution in [-0.4, -0.2) is 28.1 Å². The molecule has 7 heteroatoms. The topological polar surface area (TPSA) is 66.3 Å². The Morgan fingerprint density at radius 1 is 1.53 bits per heavy atom. The van der Waals surface area contributed by atoms with Gasteiger partial charge in [0.1, 0.15) is 5.56 Å². The minimum atomic E-state index is -1.30. The molecule has 100 valence electrons. The van der Waals surface area contributed by atoms with Crippen LogP contribution in [0.15, 0.2) is 17.8 Å². The van der Waals surface area contributed by atoms with Gasteiger partial charge >= 0.3 is 5.97 Å². The summed E-state index contributed by atoms with van der Waals surface area (Å²) >= 11 is 1.47. The van der Waals surface area contributed by atoms with E-state index in [1.165, 1.54) is 17.5 Å². The van der Waals surface area contributed by atoms with E-state index in [0.29, 0.717) is 6.54 Å². The summed E-state index contributed by atoms with van der Waals surface area (Å²) in [6, 6.07) is 1.15. The second kappa shape index (κ2) is 5.31. The molecule has 2 aromatic rings. The summed E-state index contributed by atoms with van der Waals surface area (Å²) in [5, 5.41) is 8.88. The fraction of sp³-hybridized carbons (Fsp3) is 0.250. The van der Waals surface area contributed by atoms with Gasteiger partial charge in [-0.15, -0.1) is 11.3 Å². The van der Waals surface area contributed by atoms with Gasteiger partial charge in [-0.2, -0.15) is 0 Å². The van der Waals surface area contributed by atoms with Crippen molar-refractivity contribution in [3.63, 3.8) is 0 Å². The molecular weight excluding hydrogens is 269 g/mol. The average Bonchev–Trinajstić information content (AvgIpc) is 2.74. The Balaban J connectivity index is 2.29. The van der Waals surface area contributed by atoms with Gasteiger partial charge < -0.3 is 10.0 Å². The van der Waals surface area contributed by atoms with Crippen molar-refractivity contribution < 1.29 is 14.3 Å². The number of halogens is 1. The van der Waals surface area contributed by atoms with Crippen LogP contribution in [0.1, 0.15) is 20.9 Å². The van der Waals surface area contributed by atoms with Gasteiger partial charge in [-0.1, -0.05) is 0 Å². The molecule has 0 aliphatic rings. The largest absolute Gasteiger partial charge is 0.478 e. The Hall–Kier alpha value is -2.02. The third-order valence-corrected chi connectivity index (χ3v) is 3.61. The first-order valence-electron chi connectivity index (χ1n) is 5.48. The molecule has 0 unspecified atom stereocenters. The number of pyridine rings is 1. The molecule has 2 heterocycles. The molecule has 0 radical (unpaired) electrons. The van der Waals surface area contributed by atoms with Crippen molar-refractivity contribution in [2.24, 2.45) is 0 Å². The lowest BCUT2D eigenvalue weighted by Gasteiger charge is -2.18. The standard InChI is InChI=1S/C12H12FN3O2S/c1-7-9(19-6-15-7)5-16(2)11-10(13)8(12(17)18)3-4-14-11/h3-4,6H,5H2,1-2H3,(H,17,18). The molecule has 0 fully saturated rings. The summed E-state index contributed by atoms with van der Waals surface area (Å²) in [6.07, 6.45) is 1.29. The smallest absolute Gasteiger partial charge is 0.338 e. The highest BCUT2D eigenvalue weighted by Gasteiger charge is 2.18. The molecule has 1 N–H and O–H groups in total. The zero-order valence-corrected chi connectivity index (χ0v) is 11.2. The number of thiazole rings is 1. The number of anilines is 1. The molecular formula is C12H12FN3O2S. The lowest BCUT2D eigenvalue weighted by molar-refractivity contribution is 0.0692. The zero-order chi connectivity index (χ0) is 14.0. The zero-order valence-electron chi connectivity index (χ0n) is 10.4. The highest BCUT2D eigenvalue weighted by molar-refractivity contribution is 7.09. The van der Waals surface area contributed by atoms with Gasteiger partial charge in [0.2, 0.25) is 0 Å². The van der Waals surface area contributed by atoms with Crippen LogP contribution in [0.3, 0.4) is 0 Å². The number of carbonyl (C=O) groups is 1. The third kappa shape index (κ3) is 2.70. The van der Waals surface area contributed by atoms with E-state index in [1.807, 2.05) is 6.92 Å². The van der Waals surface area contributed by atoms with E-state index in [0.717, 1.165) is 16.6 Å². The molecule has 0 bridgehead atoms. The maximum atomic E-state index is 14.0. The number of carboxylic acid groups (broad SMARTS) is 1. The van der Waals surface area contributed by atoms with Crippen molar-refractivity contribution in [3.05, 3.63) is 39.7 Å². The number of rotatable bonds is 4. The van der Waals surface area contributed by atoms with Crippen molar-refractivity contribution in [2.75, 3.05) is 11.9 Å². The normalized spacial score (nSPS) is 10.5. The molecule has 0 aliphatic heterocycles. The highest BCUT2D eigenvalue weighted by atomic mass is 32.1. The fourth-order valence-corrected chi connectivity index (χ4v) is 2.46. The molecule has 0 aliphatic carbocycles. The predicted molar refractivity (Wildman–Crippen MR) is 70.1 cm³/mol. The molecule has 5 nitrogen and oxygen atoms in total. The average molecular weight is 281 g/mol. The third-order valence-electron chi connectivity index (χ3n) is 2.69. The number of hydrogen-bond acceptors (Lipinski definition) is 5. The maximum absolute atomic E-state index is 14.0. The predicted octanol–water partition coefficient (Wildman–Crippen LogP) is 2.32. The fourth-order valence-electron chi connectivity index (χ4n) is 1.63. The monoisotopic (exact) mass is 281 g/mol. The number of carboxylic acids is 1. The van der Waals surface area contributed by atoms with Crippen LogP contribution in [-0.2, 0) is 6.54 Å². The Bertz CT molecular complexity index is 615. The molecule has 0 atom stereocenters. The molecule has 0 aromatic carbocycles. The second-order valence-corrected chi connectivity index (χ2v) is 4.96. The van der Waals surface area contributed by atoms with Gasteiger partial charge in [-0.05, 0) is 13.0 Å². The minimum Gasteiger partial charge on any atom is -0.478 e. The van der Waals surface area contributed by atoms with Crippen LogP contribution in [0.25, 0.3) is 0 Å². The molecule has 19 heavy (non-hydrogen) atoms. The van der Waals surface area contributed by atoms with Gasteiger partial charge in [0.05, 0.1) is 17.7 Å². The number of aryl methyl sites for hydroxylation is 1. The van der Waals surface area contributed by atoms with Crippen LogP contribution in [0, 0.1) is 12.7 Å². The first-order chi connectivity index (χ1) is 9.00. The molecule has 0 saturated carbocycles.